The molecule has 0 bridgehead atoms. The molecule has 0 radical (unpaired) electrons. The van der Waals surface area contributed by atoms with E-state index >= 15 is 0 Å². The number of esters is 1. The van der Waals surface area contributed by atoms with Crippen LogP contribution in [0, 0.1) is 18.4 Å². The first-order valence-electron chi connectivity index (χ1n) is 8.29. The summed E-state index contributed by atoms with van der Waals surface area (Å²) in [5.74, 6) is -1.44. The Kier molecular flexibility index (Phi) is 6.81. The van der Waals surface area contributed by atoms with Crippen LogP contribution in [0.3, 0.4) is 0 Å². The molecule has 27 heavy (non-hydrogen) atoms. The van der Waals surface area contributed by atoms with Gasteiger partial charge in [0.25, 0.3) is 10.1 Å². The molecule has 0 spiro atoms. The van der Waals surface area contributed by atoms with Gasteiger partial charge in [0.05, 0.1) is 11.5 Å². The normalized spacial score (nSPS) is 19.9. The molecule has 2 N–H and O–H groups in total. The fourth-order valence-electron chi connectivity index (χ4n) is 2.44. The second kappa shape index (κ2) is 8.87. The van der Waals surface area contributed by atoms with Gasteiger partial charge >= 0.3 is 5.97 Å². The summed E-state index contributed by atoms with van der Waals surface area (Å²) in [6.07, 6.45) is 0.261. The minimum atomic E-state index is -4.06. The molecule has 9 nitrogen and oxygen atoms in total. The van der Waals surface area contributed by atoms with E-state index in [1.54, 1.807) is 19.1 Å². The van der Waals surface area contributed by atoms with Gasteiger partial charge < -0.3 is 10.1 Å². The summed E-state index contributed by atoms with van der Waals surface area (Å²) in [7, 11) is -4.06. The molecule has 1 aliphatic carbocycles. The van der Waals surface area contributed by atoms with Crippen LogP contribution in [0.5, 0.6) is 0 Å². The van der Waals surface area contributed by atoms with Gasteiger partial charge in [0.15, 0.2) is 11.5 Å². The highest BCUT2D eigenvalue weighted by Gasteiger charge is 2.43. The van der Waals surface area contributed by atoms with Crippen molar-refractivity contribution in [2.24, 2.45) is 11.0 Å². The van der Waals surface area contributed by atoms with Gasteiger partial charge in [0.1, 0.15) is 6.10 Å². The fourth-order valence-corrected chi connectivity index (χ4v) is 3.56. The number of ketones is 1. The molecule has 1 aliphatic rings. The maximum Gasteiger partial charge on any atom is 0.360 e. The van der Waals surface area contributed by atoms with Crippen molar-refractivity contribution in [1.82, 2.24) is 5.32 Å². The average Bonchev–Trinajstić information content (AvgIpc) is 2.63. The van der Waals surface area contributed by atoms with Crippen LogP contribution in [0.25, 0.3) is 0 Å². The summed E-state index contributed by atoms with van der Waals surface area (Å²) in [5, 5.41) is 5.82. The van der Waals surface area contributed by atoms with Crippen molar-refractivity contribution < 1.29 is 26.9 Å². The Balaban J connectivity index is 1.98. The summed E-state index contributed by atoms with van der Waals surface area (Å²) < 4.78 is 34.5. The summed E-state index contributed by atoms with van der Waals surface area (Å²) in [6, 6.07) is 6.13. The summed E-state index contributed by atoms with van der Waals surface area (Å²) in [5.41, 5.74) is 7.64. The van der Waals surface area contributed by atoms with Crippen LogP contribution in [-0.2, 0) is 28.6 Å². The predicted octanol–water partition coefficient (Wildman–Crippen LogP) is 1.68. The number of hydrogen-bond acceptors (Lipinski definition) is 9. The van der Waals surface area contributed by atoms with Gasteiger partial charge in [0, 0.05) is 25.1 Å². The topological polar surface area (TPSA) is 135 Å². The lowest BCUT2D eigenvalue weighted by molar-refractivity contribution is -0.139. The third kappa shape index (κ3) is 5.20. The van der Waals surface area contributed by atoms with E-state index in [2.05, 4.69) is 10.4 Å². The quantitative estimate of drug-likeness (QED) is 0.281. The number of carbonyl (C=O) groups excluding carboxylic acids is 2. The maximum absolute atomic E-state index is 12.3. The van der Waals surface area contributed by atoms with Crippen molar-refractivity contribution >= 4 is 21.9 Å². The molecule has 1 aromatic carbocycles. The van der Waals surface area contributed by atoms with Crippen molar-refractivity contribution in [3.05, 3.63) is 41.7 Å². The largest absolute Gasteiger partial charge is 0.461 e. The van der Waals surface area contributed by atoms with E-state index in [9.17, 15) is 18.0 Å². The molecule has 0 saturated heterocycles. The lowest BCUT2D eigenvalue weighted by Gasteiger charge is -2.33. The molecule has 1 aromatic rings. The third-order valence-electron chi connectivity index (χ3n) is 3.97. The van der Waals surface area contributed by atoms with E-state index in [1.165, 1.54) is 18.3 Å². The van der Waals surface area contributed by atoms with Crippen LogP contribution in [0.4, 0.5) is 0 Å². The van der Waals surface area contributed by atoms with E-state index in [1.807, 2.05) is 6.92 Å². The van der Waals surface area contributed by atoms with E-state index in [-0.39, 0.29) is 41.9 Å². The van der Waals surface area contributed by atoms with Crippen LogP contribution in [0.15, 0.2) is 46.2 Å². The first-order chi connectivity index (χ1) is 12.8. The van der Waals surface area contributed by atoms with Crippen molar-refractivity contribution in [2.45, 2.75) is 31.3 Å². The van der Waals surface area contributed by atoms with Gasteiger partial charge in [-0.05, 0) is 26.0 Å². The Morgan fingerprint density at radius 1 is 1.37 bits per heavy atom. The molecule has 1 saturated carbocycles. The molecule has 1 fully saturated rings. The molecular weight excluding hydrogens is 374 g/mol. The average molecular weight is 395 g/mol. The monoisotopic (exact) mass is 395 g/mol. The summed E-state index contributed by atoms with van der Waals surface area (Å²) in [4.78, 5) is 23.3. The van der Waals surface area contributed by atoms with Gasteiger partial charge in [-0.3, -0.25) is 8.98 Å². The van der Waals surface area contributed by atoms with Crippen molar-refractivity contribution in [3.8, 4) is 0 Å². The van der Waals surface area contributed by atoms with E-state index in [0.717, 1.165) is 5.56 Å². The maximum atomic E-state index is 12.3. The highest BCUT2D eigenvalue weighted by molar-refractivity contribution is 7.86. The molecule has 0 amide bonds. The molecule has 10 heteroatoms. The van der Waals surface area contributed by atoms with Crippen LogP contribution in [0.2, 0.25) is 0 Å². The van der Waals surface area contributed by atoms with E-state index in [0.29, 0.717) is 0 Å². The first kappa shape index (κ1) is 20.7. The number of ether oxygens (including phenoxy) is 1. The van der Waals surface area contributed by atoms with Crippen LogP contribution in [0.1, 0.15) is 18.9 Å². The van der Waals surface area contributed by atoms with Crippen molar-refractivity contribution in [2.75, 3.05) is 13.2 Å². The molecule has 146 valence electrons. The lowest BCUT2D eigenvalue weighted by Crippen LogP contribution is -2.49. The molecule has 2 unspecified atom stereocenters. The van der Waals surface area contributed by atoms with Crippen molar-refractivity contribution in [3.63, 3.8) is 0 Å². The number of nitrogens with zero attached hydrogens (tertiary/aromatic N) is 1. The van der Waals surface area contributed by atoms with E-state index < -0.39 is 22.2 Å². The number of benzene rings is 1. The van der Waals surface area contributed by atoms with Crippen LogP contribution in [-0.4, -0.2) is 39.4 Å². The highest BCUT2D eigenvalue weighted by atomic mass is 32.2. The second-order valence-electron chi connectivity index (χ2n) is 5.98. The number of rotatable bonds is 9. The summed E-state index contributed by atoms with van der Waals surface area (Å²) in [6.45, 7) is 3.78. The first-order valence-corrected chi connectivity index (χ1v) is 9.70. The van der Waals surface area contributed by atoms with Gasteiger partial charge in [-0.2, -0.15) is 8.42 Å². The van der Waals surface area contributed by atoms with Crippen molar-refractivity contribution in [1.29, 1.82) is 5.53 Å². The fraction of sp³-hybridized carbons (Fsp3) is 0.412. The lowest BCUT2D eigenvalue weighted by atomic mass is 9.80. The Hall–Kier alpha value is -2.59. The van der Waals surface area contributed by atoms with Crippen LogP contribution >= 0.6 is 0 Å². The van der Waals surface area contributed by atoms with Crippen LogP contribution < -0.4 is 5.32 Å². The highest BCUT2D eigenvalue weighted by Crippen LogP contribution is 2.29. The number of carbonyl (C=O) groups is 2. The molecular formula is C17H21N3O6S. The number of Topliss-reactive ketones (excluding diaryl/α,β-unsaturated/α-hetero) is 1. The zero-order valence-corrected chi connectivity index (χ0v) is 15.8. The predicted molar refractivity (Wildman–Crippen MR) is 94.2 cm³/mol. The Morgan fingerprint density at radius 3 is 2.59 bits per heavy atom. The van der Waals surface area contributed by atoms with E-state index in [4.69, 9.17) is 14.5 Å². The number of nitrogens with one attached hydrogen (secondary N) is 2. The van der Waals surface area contributed by atoms with Gasteiger partial charge in [-0.25, -0.2) is 10.3 Å². The third-order valence-corrected chi connectivity index (χ3v) is 5.28. The smallest absolute Gasteiger partial charge is 0.360 e. The minimum Gasteiger partial charge on any atom is -0.461 e. The Morgan fingerprint density at radius 2 is 2.04 bits per heavy atom. The molecule has 0 heterocycles. The zero-order valence-electron chi connectivity index (χ0n) is 15.0. The molecule has 0 aliphatic heterocycles. The number of hydrogen-bond donors (Lipinski definition) is 2. The molecule has 2 rings (SSSR count). The van der Waals surface area contributed by atoms with Gasteiger partial charge in [-0.15, -0.1) is 5.11 Å². The zero-order chi connectivity index (χ0) is 20.0. The Bertz CT molecular complexity index is 848. The minimum absolute atomic E-state index is 0.0167. The summed E-state index contributed by atoms with van der Waals surface area (Å²) >= 11 is 0. The number of aryl methyl sites for hydroxylation is 1. The Labute approximate surface area is 157 Å². The van der Waals surface area contributed by atoms with Gasteiger partial charge in [0.2, 0.25) is 0 Å². The SMILES string of the molecule is CCOC(=O)/C(=C/NCC1CC(=O)C1OS(=O)(=O)c1ccc(C)cc1)N=N. The standard InChI is InChI=1S/C17H21N3O6S/c1-3-25-17(22)14(20-18)10-19-9-12-8-15(21)16(12)26-27(23,24)13-6-4-11(2)5-7-13/h4-7,10,12,16,18-19H,3,8-9H2,1-2H3/b14-10-,20-18?. The molecule has 2 atom stereocenters. The molecule has 0 aromatic heterocycles. The second-order valence-corrected chi connectivity index (χ2v) is 7.56. The van der Waals surface area contributed by atoms with Gasteiger partial charge in [-0.1, -0.05) is 17.7 Å².